The van der Waals surface area contributed by atoms with E-state index in [1.165, 1.54) is 12.1 Å². The number of nitrogens with zero attached hydrogens (tertiary/aromatic N) is 2. The molecule has 0 bridgehead atoms. The lowest BCUT2D eigenvalue weighted by molar-refractivity contribution is 0.0985. The summed E-state index contributed by atoms with van der Waals surface area (Å²) in [5.41, 5.74) is 0.715. The first-order valence-corrected chi connectivity index (χ1v) is 9.76. The molecule has 0 aliphatic rings. The Labute approximate surface area is 173 Å². The fourth-order valence-electron chi connectivity index (χ4n) is 2.86. The van der Waals surface area contributed by atoms with Crippen LogP contribution < -0.4 is 4.74 Å². The number of ether oxygens (including phenoxy) is 1. The fraction of sp³-hybridized carbons (Fsp3) is 0.273. The summed E-state index contributed by atoms with van der Waals surface area (Å²) in [6, 6.07) is 10.4. The van der Waals surface area contributed by atoms with Crippen LogP contribution in [0.1, 0.15) is 41.4 Å². The van der Waals surface area contributed by atoms with E-state index >= 15 is 0 Å². The predicted molar refractivity (Wildman–Crippen MR) is 108 cm³/mol. The number of hydrogen-bond acceptors (Lipinski definition) is 3. The number of halogens is 3. The Balaban J connectivity index is 1.73. The van der Waals surface area contributed by atoms with E-state index in [1.54, 1.807) is 23.0 Å². The molecule has 2 aromatic carbocycles. The monoisotopic (exact) mass is 418 g/mol. The number of benzene rings is 2. The molecule has 1 heterocycles. The second-order valence-electron chi connectivity index (χ2n) is 6.65. The predicted octanol–water partition coefficient (Wildman–Crippen LogP) is 5.47. The molecule has 0 aliphatic carbocycles. The Morgan fingerprint density at radius 1 is 1.17 bits per heavy atom. The molecule has 0 saturated heterocycles. The average Bonchev–Trinajstić information content (AvgIpc) is 3.15. The van der Waals surface area contributed by atoms with Gasteiger partial charge in [0.15, 0.2) is 5.78 Å². The van der Waals surface area contributed by atoms with Gasteiger partial charge in [-0.05, 0) is 42.8 Å². The number of Topliss-reactive ketones (excluding diaryl/α,β-unsaturated/α-hetero) is 1. The highest BCUT2D eigenvalue weighted by molar-refractivity contribution is 6.30. The van der Waals surface area contributed by atoms with E-state index < -0.39 is 23.8 Å². The van der Waals surface area contributed by atoms with Crippen LogP contribution in [-0.4, -0.2) is 22.2 Å². The van der Waals surface area contributed by atoms with E-state index in [9.17, 15) is 13.6 Å². The van der Waals surface area contributed by atoms with Crippen molar-refractivity contribution in [1.29, 1.82) is 0 Å². The minimum absolute atomic E-state index is 0.142. The van der Waals surface area contributed by atoms with E-state index in [1.807, 2.05) is 6.07 Å². The first kappa shape index (κ1) is 21.0. The van der Waals surface area contributed by atoms with Gasteiger partial charge >= 0.3 is 0 Å². The minimum atomic E-state index is -0.745. The Morgan fingerprint density at radius 2 is 1.93 bits per heavy atom. The summed E-state index contributed by atoms with van der Waals surface area (Å²) in [5, 5.41) is 4.82. The third-order valence-corrected chi connectivity index (χ3v) is 4.67. The molecule has 1 aromatic heterocycles. The average molecular weight is 419 g/mol. The van der Waals surface area contributed by atoms with E-state index in [2.05, 4.69) is 12.0 Å². The van der Waals surface area contributed by atoms with E-state index in [0.717, 1.165) is 30.5 Å². The van der Waals surface area contributed by atoms with E-state index in [-0.39, 0.29) is 11.3 Å². The van der Waals surface area contributed by atoms with Gasteiger partial charge < -0.3 is 4.74 Å². The third kappa shape index (κ3) is 5.41. The molecule has 29 heavy (non-hydrogen) atoms. The maximum Gasteiger partial charge on any atom is 0.187 e. The third-order valence-electron chi connectivity index (χ3n) is 4.44. The van der Waals surface area contributed by atoms with Crippen LogP contribution in [-0.2, 0) is 13.0 Å². The van der Waals surface area contributed by atoms with Crippen molar-refractivity contribution < 1.29 is 18.3 Å². The van der Waals surface area contributed by atoms with Gasteiger partial charge in [-0.15, -0.1) is 0 Å². The van der Waals surface area contributed by atoms with E-state index in [4.69, 9.17) is 16.3 Å². The van der Waals surface area contributed by atoms with Crippen LogP contribution in [0.15, 0.2) is 48.7 Å². The van der Waals surface area contributed by atoms with Gasteiger partial charge in [0.25, 0.3) is 0 Å². The molecule has 3 aromatic rings. The summed E-state index contributed by atoms with van der Waals surface area (Å²) in [5.74, 6) is -1.24. The molecular weight excluding hydrogens is 398 g/mol. The summed E-state index contributed by atoms with van der Waals surface area (Å²) in [6.07, 6.45) is 3.21. The number of hydrogen-bond donors (Lipinski definition) is 0. The van der Waals surface area contributed by atoms with Crippen molar-refractivity contribution in [2.75, 3.05) is 6.61 Å². The Bertz CT molecular complexity index is 984. The van der Waals surface area contributed by atoms with Crippen molar-refractivity contribution in [3.8, 4) is 5.75 Å². The normalized spacial score (nSPS) is 10.9. The molecule has 7 heteroatoms. The number of rotatable bonds is 9. The highest BCUT2D eigenvalue weighted by atomic mass is 35.5. The van der Waals surface area contributed by atoms with Crippen LogP contribution in [0.4, 0.5) is 8.78 Å². The molecule has 0 unspecified atom stereocenters. The number of aromatic nitrogens is 2. The molecule has 4 nitrogen and oxygen atoms in total. The van der Waals surface area contributed by atoms with Gasteiger partial charge in [-0.3, -0.25) is 9.48 Å². The summed E-state index contributed by atoms with van der Waals surface area (Å²) in [6.45, 7) is 3.03. The molecule has 0 N–H and O–H groups in total. The molecule has 0 atom stereocenters. The lowest BCUT2D eigenvalue weighted by atomic mass is 10.1. The van der Waals surface area contributed by atoms with Crippen molar-refractivity contribution in [3.05, 3.63) is 82.1 Å². The van der Waals surface area contributed by atoms with Gasteiger partial charge in [0.05, 0.1) is 13.2 Å². The van der Waals surface area contributed by atoms with Gasteiger partial charge in [-0.2, -0.15) is 5.10 Å². The Hall–Kier alpha value is -2.73. The zero-order valence-electron chi connectivity index (χ0n) is 16.0. The second-order valence-corrected chi connectivity index (χ2v) is 7.09. The zero-order chi connectivity index (χ0) is 20.8. The molecule has 0 saturated carbocycles. The first-order valence-electron chi connectivity index (χ1n) is 9.38. The largest absolute Gasteiger partial charge is 0.493 e. The fourth-order valence-corrected chi connectivity index (χ4v) is 3.06. The smallest absolute Gasteiger partial charge is 0.187 e. The number of unbranched alkanes of at least 4 members (excludes halogenated alkanes) is 1. The van der Waals surface area contributed by atoms with Crippen molar-refractivity contribution >= 4 is 17.4 Å². The highest BCUT2D eigenvalue weighted by Crippen LogP contribution is 2.24. The quantitative estimate of drug-likeness (QED) is 0.342. The van der Waals surface area contributed by atoms with Crippen molar-refractivity contribution in [1.82, 2.24) is 9.78 Å². The molecular formula is C22H21ClF2N2O2. The van der Waals surface area contributed by atoms with Gasteiger partial charge in [-0.25, -0.2) is 8.78 Å². The molecule has 3 rings (SSSR count). The molecule has 0 amide bonds. The summed E-state index contributed by atoms with van der Waals surface area (Å²) < 4.78 is 35.0. The summed E-state index contributed by atoms with van der Waals surface area (Å²) in [4.78, 5) is 12.4. The number of carbonyl (C=O) groups excluding carboxylic acids is 1. The van der Waals surface area contributed by atoms with E-state index in [0.29, 0.717) is 23.9 Å². The van der Waals surface area contributed by atoms with Crippen molar-refractivity contribution in [2.45, 2.75) is 32.7 Å². The van der Waals surface area contributed by atoms with Crippen LogP contribution >= 0.6 is 11.6 Å². The number of carbonyl (C=O) groups is 1. The van der Waals surface area contributed by atoms with Gasteiger partial charge in [0.2, 0.25) is 0 Å². The van der Waals surface area contributed by atoms with Gasteiger partial charge in [0, 0.05) is 28.8 Å². The topological polar surface area (TPSA) is 44.1 Å². The summed E-state index contributed by atoms with van der Waals surface area (Å²) >= 11 is 6.11. The summed E-state index contributed by atoms with van der Waals surface area (Å²) in [7, 11) is 0. The standard InChI is InChI=1S/C22H21ClF2N2O2/c1-2-3-11-29-22-8-7-16(23)12-15(22)14-27-10-9-20(26-27)21(28)13-17-18(24)5-4-6-19(17)25/h4-10,12H,2-3,11,13-14H2,1H3. The van der Waals surface area contributed by atoms with Crippen LogP contribution in [0.5, 0.6) is 5.75 Å². The van der Waals surface area contributed by atoms with Crippen molar-refractivity contribution in [3.63, 3.8) is 0 Å². The first-order chi connectivity index (χ1) is 14.0. The number of ketones is 1. The van der Waals surface area contributed by atoms with Crippen LogP contribution in [0.25, 0.3) is 0 Å². The molecule has 152 valence electrons. The van der Waals surface area contributed by atoms with Crippen LogP contribution in [0.3, 0.4) is 0 Å². The molecule has 0 aliphatic heterocycles. The van der Waals surface area contributed by atoms with Gasteiger partial charge in [-0.1, -0.05) is 31.0 Å². The zero-order valence-corrected chi connectivity index (χ0v) is 16.8. The van der Waals surface area contributed by atoms with Crippen LogP contribution in [0, 0.1) is 11.6 Å². The SMILES string of the molecule is CCCCOc1ccc(Cl)cc1Cn1ccc(C(=O)Cc2c(F)cccc2F)n1. The molecule has 0 spiro atoms. The second kappa shape index (κ2) is 9.65. The highest BCUT2D eigenvalue weighted by Gasteiger charge is 2.17. The minimum Gasteiger partial charge on any atom is -0.493 e. The maximum atomic E-state index is 13.8. The Kier molecular flexibility index (Phi) is 6.99. The van der Waals surface area contributed by atoms with Crippen LogP contribution in [0.2, 0.25) is 5.02 Å². The lowest BCUT2D eigenvalue weighted by Gasteiger charge is -2.12. The van der Waals surface area contributed by atoms with Gasteiger partial charge in [0.1, 0.15) is 23.1 Å². The van der Waals surface area contributed by atoms with Crippen molar-refractivity contribution in [2.24, 2.45) is 0 Å². The maximum absolute atomic E-state index is 13.8. The molecule has 0 radical (unpaired) electrons. The lowest BCUT2D eigenvalue weighted by Crippen LogP contribution is -2.10. The Morgan fingerprint density at radius 3 is 2.66 bits per heavy atom. The molecule has 0 fully saturated rings.